The molecule has 0 radical (unpaired) electrons. The number of aromatic nitrogens is 1. The van der Waals surface area contributed by atoms with Crippen LogP contribution in [0.4, 0.5) is 10.1 Å². The number of rotatable bonds is 5. The molecule has 1 aliphatic carbocycles. The van der Waals surface area contributed by atoms with Gasteiger partial charge in [0.15, 0.2) is 0 Å². The molecule has 0 saturated heterocycles. The Morgan fingerprint density at radius 3 is 2.43 bits per heavy atom. The number of hydrogen-bond donors (Lipinski definition) is 2. The van der Waals surface area contributed by atoms with Gasteiger partial charge in [-0.15, -0.1) is 0 Å². The van der Waals surface area contributed by atoms with Gasteiger partial charge in [0.1, 0.15) is 11.2 Å². The lowest BCUT2D eigenvalue weighted by atomic mass is 10.0. The fourth-order valence-corrected chi connectivity index (χ4v) is 2.31. The van der Waals surface area contributed by atoms with E-state index in [0.29, 0.717) is 18.5 Å². The highest BCUT2D eigenvalue weighted by molar-refractivity contribution is 6.13. The van der Waals surface area contributed by atoms with Crippen LogP contribution in [-0.4, -0.2) is 16.8 Å². The monoisotopic (exact) mass is 313 g/mol. The molecule has 1 aromatic carbocycles. The minimum absolute atomic E-state index is 0.283. The average Bonchev–Trinajstić information content (AvgIpc) is 3.38. The van der Waals surface area contributed by atoms with Crippen LogP contribution in [-0.2, 0) is 16.1 Å². The quantitative estimate of drug-likeness (QED) is 0.832. The molecule has 2 aromatic rings. The first kappa shape index (κ1) is 15.1. The molecule has 2 amide bonds. The first-order valence-electron chi connectivity index (χ1n) is 7.35. The molecule has 0 unspecified atom stereocenters. The Labute approximate surface area is 132 Å². The topological polar surface area (TPSA) is 71.1 Å². The molecule has 1 saturated carbocycles. The van der Waals surface area contributed by atoms with Crippen LogP contribution in [0.2, 0.25) is 0 Å². The van der Waals surface area contributed by atoms with Gasteiger partial charge in [0.2, 0.25) is 11.8 Å². The number of carbonyl (C=O) groups is 2. The molecule has 1 aromatic heterocycles. The van der Waals surface area contributed by atoms with Gasteiger partial charge in [0.25, 0.3) is 0 Å². The summed E-state index contributed by atoms with van der Waals surface area (Å²) in [6.07, 6.45) is 2.66. The first-order valence-corrected chi connectivity index (χ1v) is 7.35. The second-order valence-electron chi connectivity index (χ2n) is 5.55. The Bertz CT molecular complexity index is 712. The third-order valence-corrected chi connectivity index (χ3v) is 3.88. The number of benzene rings is 1. The van der Waals surface area contributed by atoms with Gasteiger partial charge < -0.3 is 10.6 Å². The van der Waals surface area contributed by atoms with Crippen molar-refractivity contribution in [3.63, 3.8) is 0 Å². The van der Waals surface area contributed by atoms with E-state index in [1.807, 2.05) is 6.07 Å². The predicted molar refractivity (Wildman–Crippen MR) is 82.8 cm³/mol. The molecule has 2 N–H and O–H groups in total. The van der Waals surface area contributed by atoms with Crippen molar-refractivity contribution in [1.82, 2.24) is 10.3 Å². The number of carbonyl (C=O) groups excluding carboxylic acids is 2. The first-order chi connectivity index (χ1) is 11.1. The lowest BCUT2D eigenvalue weighted by molar-refractivity contribution is -0.134. The summed E-state index contributed by atoms with van der Waals surface area (Å²) < 4.78 is 12.9. The van der Waals surface area contributed by atoms with Crippen LogP contribution < -0.4 is 10.6 Å². The lowest BCUT2D eigenvalue weighted by Gasteiger charge is -2.15. The molecule has 3 rings (SSSR count). The van der Waals surface area contributed by atoms with Crippen molar-refractivity contribution < 1.29 is 14.0 Å². The molecule has 1 aliphatic rings. The predicted octanol–water partition coefficient (Wildman–Crippen LogP) is 2.26. The number of hydrogen-bond acceptors (Lipinski definition) is 3. The summed E-state index contributed by atoms with van der Waals surface area (Å²) in [5, 5.41) is 5.42. The molecule has 6 heteroatoms. The summed E-state index contributed by atoms with van der Waals surface area (Å²) >= 11 is 0. The van der Waals surface area contributed by atoms with Crippen molar-refractivity contribution in [3.05, 3.63) is 60.2 Å². The molecule has 5 nitrogen and oxygen atoms in total. The van der Waals surface area contributed by atoms with Gasteiger partial charge in [-0.3, -0.25) is 14.6 Å². The SMILES string of the molecule is O=C(NCc1ccccn1)C1(C(=O)Nc2ccc(F)cc2)CC1. The molecular formula is C17H16FN3O2. The number of anilines is 1. The fourth-order valence-electron chi connectivity index (χ4n) is 2.31. The summed E-state index contributed by atoms with van der Waals surface area (Å²) in [6, 6.07) is 10.9. The average molecular weight is 313 g/mol. The van der Waals surface area contributed by atoms with E-state index in [0.717, 1.165) is 5.69 Å². The second kappa shape index (κ2) is 6.16. The molecule has 0 aliphatic heterocycles. The highest BCUT2D eigenvalue weighted by Gasteiger charge is 2.56. The largest absolute Gasteiger partial charge is 0.350 e. The van der Waals surface area contributed by atoms with Crippen molar-refractivity contribution in [2.75, 3.05) is 5.32 Å². The molecule has 0 bridgehead atoms. The molecule has 1 fully saturated rings. The minimum Gasteiger partial charge on any atom is -0.350 e. The van der Waals surface area contributed by atoms with Gasteiger partial charge in [-0.05, 0) is 49.2 Å². The summed E-state index contributed by atoms with van der Waals surface area (Å²) in [6.45, 7) is 0.283. The maximum atomic E-state index is 12.9. The van der Waals surface area contributed by atoms with Crippen LogP contribution in [0.3, 0.4) is 0 Å². The fraction of sp³-hybridized carbons (Fsp3) is 0.235. The molecule has 118 valence electrons. The van der Waals surface area contributed by atoms with E-state index in [1.165, 1.54) is 24.3 Å². The van der Waals surface area contributed by atoms with Gasteiger partial charge in [0, 0.05) is 11.9 Å². The lowest BCUT2D eigenvalue weighted by Crippen LogP contribution is -2.39. The molecule has 0 spiro atoms. The molecule has 0 atom stereocenters. The third kappa shape index (κ3) is 3.36. The zero-order valence-corrected chi connectivity index (χ0v) is 12.4. The van der Waals surface area contributed by atoms with Crippen LogP contribution in [0.15, 0.2) is 48.7 Å². The van der Waals surface area contributed by atoms with Crippen molar-refractivity contribution >= 4 is 17.5 Å². The maximum Gasteiger partial charge on any atom is 0.240 e. The van der Waals surface area contributed by atoms with Gasteiger partial charge in [0.05, 0.1) is 12.2 Å². The Morgan fingerprint density at radius 2 is 1.83 bits per heavy atom. The van der Waals surface area contributed by atoms with E-state index in [-0.39, 0.29) is 24.2 Å². The standard InChI is InChI=1S/C17H16FN3O2/c18-12-4-6-13(7-5-12)21-16(23)17(8-9-17)15(22)20-11-14-3-1-2-10-19-14/h1-7,10H,8-9,11H2,(H,20,22)(H,21,23). The zero-order valence-electron chi connectivity index (χ0n) is 12.4. The van der Waals surface area contributed by atoms with E-state index in [4.69, 9.17) is 0 Å². The van der Waals surface area contributed by atoms with E-state index in [9.17, 15) is 14.0 Å². The summed E-state index contributed by atoms with van der Waals surface area (Å²) in [4.78, 5) is 28.8. The van der Waals surface area contributed by atoms with Crippen LogP contribution >= 0.6 is 0 Å². The van der Waals surface area contributed by atoms with Crippen LogP contribution in [0.1, 0.15) is 18.5 Å². The summed E-state index contributed by atoms with van der Waals surface area (Å²) in [5.41, 5.74) is 0.180. The van der Waals surface area contributed by atoms with Gasteiger partial charge in [-0.1, -0.05) is 6.07 Å². The van der Waals surface area contributed by atoms with Crippen molar-refractivity contribution in [2.45, 2.75) is 19.4 Å². The Hall–Kier alpha value is -2.76. The van der Waals surface area contributed by atoms with Crippen LogP contribution in [0.25, 0.3) is 0 Å². The highest BCUT2D eigenvalue weighted by Crippen LogP contribution is 2.46. The number of nitrogens with zero attached hydrogens (tertiary/aromatic N) is 1. The third-order valence-electron chi connectivity index (χ3n) is 3.88. The molecular weight excluding hydrogens is 297 g/mol. The maximum absolute atomic E-state index is 12.9. The van der Waals surface area contributed by atoms with Gasteiger partial charge in [-0.2, -0.15) is 0 Å². The summed E-state index contributed by atoms with van der Waals surface area (Å²) in [5.74, 6) is -1.04. The van der Waals surface area contributed by atoms with E-state index in [1.54, 1.807) is 18.3 Å². The van der Waals surface area contributed by atoms with Gasteiger partial charge >= 0.3 is 0 Å². The number of amides is 2. The smallest absolute Gasteiger partial charge is 0.240 e. The minimum atomic E-state index is -1.02. The molecule has 23 heavy (non-hydrogen) atoms. The van der Waals surface area contributed by atoms with Gasteiger partial charge in [-0.25, -0.2) is 4.39 Å². The Morgan fingerprint density at radius 1 is 1.09 bits per heavy atom. The number of pyridine rings is 1. The van der Waals surface area contributed by atoms with Crippen molar-refractivity contribution in [1.29, 1.82) is 0 Å². The second-order valence-corrected chi connectivity index (χ2v) is 5.55. The number of nitrogens with one attached hydrogen (secondary N) is 2. The summed E-state index contributed by atoms with van der Waals surface area (Å²) in [7, 11) is 0. The highest BCUT2D eigenvalue weighted by atomic mass is 19.1. The zero-order chi connectivity index (χ0) is 16.3. The van der Waals surface area contributed by atoms with Crippen molar-refractivity contribution in [2.24, 2.45) is 5.41 Å². The Balaban J connectivity index is 1.60. The normalized spacial score (nSPS) is 14.8. The van der Waals surface area contributed by atoms with Crippen LogP contribution in [0, 0.1) is 11.2 Å². The molecule has 1 heterocycles. The Kier molecular flexibility index (Phi) is 4.06. The van der Waals surface area contributed by atoms with Crippen LogP contribution in [0.5, 0.6) is 0 Å². The van der Waals surface area contributed by atoms with E-state index < -0.39 is 5.41 Å². The number of halogens is 1. The van der Waals surface area contributed by atoms with E-state index >= 15 is 0 Å². The van der Waals surface area contributed by atoms with Crippen molar-refractivity contribution in [3.8, 4) is 0 Å². The van der Waals surface area contributed by atoms with E-state index in [2.05, 4.69) is 15.6 Å².